The predicted octanol–water partition coefficient (Wildman–Crippen LogP) is 2.56. The molecule has 30 heavy (non-hydrogen) atoms. The highest BCUT2D eigenvalue weighted by atomic mass is 19.4. The smallest absolute Gasteiger partial charge is 0.366 e. The molecule has 2 aromatic rings. The van der Waals surface area contributed by atoms with Gasteiger partial charge < -0.3 is 5.73 Å². The SMILES string of the molecule is NC(=O)/C(=C/N1CN=C(c2cc(C(F)(F)F)cc(C(F)(F)F)c2)N1)c1cncnc1. The largest absolute Gasteiger partial charge is 0.416 e. The van der Waals surface area contributed by atoms with Crippen LogP contribution in [0.15, 0.2) is 48.1 Å². The number of halogens is 6. The second-order valence-electron chi connectivity index (χ2n) is 6.06. The van der Waals surface area contributed by atoms with Crippen molar-refractivity contribution < 1.29 is 31.1 Å². The standard InChI is InChI=1S/C17H12F6N6O/c18-16(19,20)11-1-9(2-12(3-11)17(21,22)23)15-27-8-29(28-15)6-13(14(24)30)10-4-25-7-26-5-10/h1-7H,8H2,(H2,24,30)(H,27,28)/b13-6+. The zero-order valence-corrected chi connectivity index (χ0v) is 14.8. The minimum Gasteiger partial charge on any atom is -0.366 e. The molecule has 0 fully saturated rings. The van der Waals surface area contributed by atoms with Gasteiger partial charge in [-0.3, -0.25) is 15.2 Å². The molecule has 0 bridgehead atoms. The molecule has 3 rings (SSSR count). The summed E-state index contributed by atoms with van der Waals surface area (Å²) in [6.45, 7) is -0.197. The minimum absolute atomic E-state index is 0.0251. The molecule has 13 heteroatoms. The summed E-state index contributed by atoms with van der Waals surface area (Å²) in [7, 11) is 0. The Morgan fingerprint density at radius 1 is 1.03 bits per heavy atom. The topological polar surface area (TPSA) is 96.5 Å². The summed E-state index contributed by atoms with van der Waals surface area (Å²) in [6, 6.07) is 1.12. The van der Waals surface area contributed by atoms with Crippen molar-refractivity contribution in [3.05, 3.63) is 65.4 Å². The van der Waals surface area contributed by atoms with Gasteiger partial charge in [0.2, 0.25) is 0 Å². The van der Waals surface area contributed by atoms with Gasteiger partial charge in [-0.15, -0.1) is 0 Å². The molecule has 0 unspecified atom stereocenters. The van der Waals surface area contributed by atoms with Gasteiger partial charge >= 0.3 is 12.4 Å². The van der Waals surface area contributed by atoms with Gasteiger partial charge in [-0.2, -0.15) is 26.3 Å². The van der Waals surface area contributed by atoms with Crippen LogP contribution in [0.5, 0.6) is 0 Å². The minimum atomic E-state index is -4.98. The number of hydrogen-bond acceptors (Lipinski definition) is 6. The zero-order valence-electron chi connectivity index (χ0n) is 14.8. The summed E-state index contributed by atoms with van der Waals surface area (Å²) in [6.07, 6.45) is -4.92. The van der Waals surface area contributed by atoms with Crippen LogP contribution in [0.25, 0.3) is 5.57 Å². The van der Waals surface area contributed by atoms with E-state index in [1.807, 2.05) is 0 Å². The number of hydrogen-bond donors (Lipinski definition) is 2. The monoisotopic (exact) mass is 430 g/mol. The van der Waals surface area contributed by atoms with Crippen LogP contribution < -0.4 is 11.2 Å². The zero-order chi connectivity index (χ0) is 22.1. The van der Waals surface area contributed by atoms with Crippen molar-refractivity contribution in [2.75, 3.05) is 6.67 Å². The Morgan fingerprint density at radius 2 is 1.60 bits per heavy atom. The summed E-state index contributed by atoms with van der Waals surface area (Å²) in [5.41, 5.74) is 4.73. The van der Waals surface area contributed by atoms with Crippen molar-refractivity contribution in [3.8, 4) is 0 Å². The molecule has 7 nitrogen and oxygen atoms in total. The molecule has 1 aliphatic rings. The van der Waals surface area contributed by atoms with Crippen LogP contribution >= 0.6 is 0 Å². The van der Waals surface area contributed by atoms with E-state index in [0.29, 0.717) is 12.1 Å². The van der Waals surface area contributed by atoms with Crippen molar-refractivity contribution in [2.24, 2.45) is 10.7 Å². The third kappa shape index (κ3) is 4.67. The third-order valence-electron chi connectivity index (χ3n) is 3.91. The highest BCUT2D eigenvalue weighted by Gasteiger charge is 2.37. The Kier molecular flexibility index (Phi) is 5.37. The van der Waals surface area contributed by atoms with Crippen molar-refractivity contribution >= 4 is 17.3 Å². The van der Waals surface area contributed by atoms with Crippen LogP contribution in [0, 0.1) is 0 Å². The van der Waals surface area contributed by atoms with E-state index in [0.717, 1.165) is 0 Å². The average Bonchev–Trinajstić information content (AvgIpc) is 3.13. The summed E-state index contributed by atoms with van der Waals surface area (Å²) in [5.74, 6) is -1.09. The lowest BCUT2D eigenvalue weighted by Crippen LogP contribution is -2.33. The molecule has 0 atom stereocenters. The molecule has 0 spiro atoms. The van der Waals surface area contributed by atoms with Gasteiger partial charge in [0, 0.05) is 29.7 Å². The second kappa shape index (κ2) is 7.65. The number of alkyl halides is 6. The Bertz CT molecular complexity index is 983. The van der Waals surface area contributed by atoms with E-state index in [4.69, 9.17) is 5.73 Å². The summed E-state index contributed by atoms with van der Waals surface area (Å²) in [4.78, 5) is 23.1. The van der Waals surface area contributed by atoms with Crippen molar-refractivity contribution in [3.63, 3.8) is 0 Å². The lowest BCUT2D eigenvalue weighted by Gasteiger charge is -2.17. The first kappa shape index (κ1) is 21.1. The second-order valence-corrected chi connectivity index (χ2v) is 6.06. The number of amides is 1. The summed E-state index contributed by atoms with van der Waals surface area (Å²) < 4.78 is 78.2. The molecule has 158 valence electrons. The fourth-order valence-corrected chi connectivity index (χ4v) is 2.55. The van der Waals surface area contributed by atoms with Gasteiger partial charge in [-0.05, 0) is 18.2 Å². The number of primary amides is 1. The normalized spacial score (nSPS) is 15.1. The first-order valence-electron chi connectivity index (χ1n) is 8.10. The van der Waals surface area contributed by atoms with Crippen LogP contribution in [0.2, 0.25) is 0 Å². The molecular weight excluding hydrogens is 418 g/mol. The molecule has 1 aliphatic heterocycles. The lowest BCUT2D eigenvalue weighted by molar-refractivity contribution is -0.143. The Hall–Kier alpha value is -3.64. The van der Waals surface area contributed by atoms with E-state index >= 15 is 0 Å². The maximum absolute atomic E-state index is 13.0. The number of hydrazine groups is 1. The van der Waals surface area contributed by atoms with Crippen LogP contribution in [0.3, 0.4) is 0 Å². The number of nitrogens with two attached hydrogens (primary N) is 1. The number of aromatic nitrogens is 2. The molecule has 0 saturated heterocycles. The van der Waals surface area contributed by atoms with E-state index in [9.17, 15) is 31.1 Å². The number of carbonyl (C=O) groups excluding carboxylic acids is 1. The number of nitrogens with zero attached hydrogens (tertiary/aromatic N) is 4. The van der Waals surface area contributed by atoms with E-state index in [1.165, 1.54) is 29.9 Å². The van der Waals surface area contributed by atoms with Crippen LogP contribution in [-0.2, 0) is 17.1 Å². The van der Waals surface area contributed by atoms with Crippen LogP contribution in [0.1, 0.15) is 22.3 Å². The van der Waals surface area contributed by atoms with E-state index in [1.54, 1.807) is 0 Å². The molecule has 0 radical (unpaired) electrons. The van der Waals surface area contributed by atoms with E-state index in [-0.39, 0.29) is 29.7 Å². The molecule has 2 heterocycles. The summed E-state index contributed by atoms with van der Waals surface area (Å²) in [5, 5.41) is 1.18. The quantitative estimate of drug-likeness (QED) is 0.574. The molecule has 0 saturated carbocycles. The number of carbonyl (C=O) groups is 1. The molecule has 1 aromatic carbocycles. The van der Waals surface area contributed by atoms with Crippen molar-refractivity contribution in [1.82, 2.24) is 20.4 Å². The Morgan fingerprint density at radius 3 is 2.10 bits per heavy atom. The first-order valence-corrected chi connectivity index (χ1v) is 8.10. The third-order valence-corrected chi connectivity index (χ3v) is 3.91. The van der Waals surface area contributed by atoms with Crippen molar-refractivity contribution in [2.45, 2.75) is 12.4 Å². The molecule has 1 amide bonds. The number of nitrogens with one attached hydrogen (secondary N) is 1. The number of rotatable bonds is 4. The summed E-state index contributed by atoms with van der Waals surface area (Å²) >= 11 is 0. The fourth-order valence-electron chi connectivity index (χ4n) is 2.55. The highest BCUT2D eigenvalue weighted by molar-refractivity contribution is 6.18. The van der Waals surface area contributed by atoms with Crippen molar-refractivity contribution in [1.29, 1.82) is 0 Å². The highest BCUT2D eigenvalue weighted by Crippen LogP contribution is 2.36. The van der Waals surface area contributed by atoms with Gasteiger partial charge in [0.15, 0.2) is 0 Å². The molecule has 1 aromatic heterocycles. The van der Waals surface area contributed by atoms with Gasteiger partial charge in [0.05, 0.1) is 16.7 Å². The lowest BCUT2D eigenvalue weighted by atomic mass is 10.0. The molecular formula is C17H12F6N6O. The van der Waals surface area contributed by atoms with E-state index < -0.39 is 35.0 Å². The Balaban J connectivity index is 1.92. The Labute approximate surface area is 164 Å². The fraction of sp³-hybridized carbons (Fsp3) is 0.176. The van der Waals surface area contributed by atoms with Gasteiger partial charge in [0.1, 0.15) is 18.8 Å². The van der Waals surface area contributed by atoms with Crippen LogP contribution in [0.4, 0.5) is 26.3 Å². The van der Waals surface area contributed by atoms with Gasteiger partial charge in [-0.1, -0.05) is 0 Å². The molecule has 0 aliphatic carbocycles. The average molecular weight is 430 g/mol. The predicted molar refractivity (Wildman–Crippen MR) is 92.0 cm³/mol. The molecule has 3 N–H and O–H groups in total. The maximum atomic E-state index is 13.0. The maximum Gasteiger partial charge on any atom is 0.416 e. The first-order chi connectivity index (χ1) is 13.9. The van der Waals surface area contributed by atoms with Gasteiger partial charge in [-0.25, -0.2) is 15.0 Å². The number of amidine groups is 1. The van der Waals surface area contributed by atoms with Crippen LogP contribution in [-0.4, -0.2) is 33.4 Å². The number of benzene rings is 1. The van der Waals surface area contributed by atoms with Gasteiger partial charge in [0.25, 0.3) is 5.91 Å². The van der Waals surface area contributed by atoms with E-state index in [2.05, 4.69) is 20.4 Å². The number of aliphatic imine (C=N–C) groups is 1.